The van der Waals surface area contributed by atoms with Gasteiger partial charge in [0.1, 0.15) is 0 Å². The summed E-state index contributed by atoms with van der Waals surface area (Å²) in [5, 5.41) is 0. The average Bonchev–Trinajstić information content (AvgIpc) is 1.66. The van der Waals surface area contributed by atoms with E-state index in [4.69, 9.17) is 0 Å². The van der Waals surface area contributed by atoms with Crippen LogP contribution in [-0.2, 0) is 0 Å². The highest BCUT2D eigenvalue weighted by Gasteiger charge is 1.73. The van der Waals surface area contributed by atoms with Gasteiger partial charge in [-0.15, -0.1) is 0 Å². The van der Waals surface area contributed by atoms with Gasteiger partial charge in [-0.1, -0.05) is 30.6 Å². The molecule has 0 rings (SSSR count). The van der Waals surface area contributed by atoms with Crippen molar-refractivity contribution in [2.75, 3.05) is 0 Å². The van der Waals surface area contributed by atoms with E-state index in [0.717, 1.165) is 12.0 Å². The zero-order valence-electron chi connectivity index (χ0n) is 5.20. The predicted molar refractivity (Wildman–Crippen MR) is 37.4 cm³/mol. The number of hydrogen-bond acceptors (Lipinski definition) is 0. The third kappa shape index (κ3) is 5.04. The summed E-state index contributed by atoms with van der Waals surface area (Å²) in [4.78, 5) is 0. The third-order valence-electron chi connectivity index (χ3n) is 0.594. The molecule has 0 unspecified atom stereocenters. The van der Waals surface area contributed by atoms with Crippen molar-refractivity contribution in [3.63, 3.8) is 0 Å². The molecule has 0 heteroatoms. The molecule has 0 spiro atoms. The van der Waals surface area contributed by atoms with Crippen LogP contribution in [0.3, 0.4) is 0 Å². The van der Waals surface area contributed by atoms with Crippen molar-refractivity contribution in [1.82, 2.24) is 0 Å². The lowest BCUT2D eigenvalue weighted by atomic mass is 10.2. The molecule has 0 N–H and O–H groups in total. The summed E-state index contributed by atoms with van der Waals surface area (Å²) in [5.41, 5.74) is 1.10. The Kier molecular flexibility index (Phi) is 3.70. The third-order valence-corrected chi connectivity index (χ3v) is 0.594. The second-order valence-corrected chi connectivity index (χ2v) is 1.66. The van der Waals surface area contributed by atoms with Crippen LogP contribution in [0.2, 0.25) is 0 Å². The second-order valence-electron chi connectivity index (χ2n) is 1.66. The molecular weight excluding hydrogens is 96.1 g/mol. The Bertz CT molecular complexity index is 141. The van der Waals surface area contributed by atoms with Gasteiger partial charge in [0.25, 0.3) is 0 Å². The van der Waals surface area contributed by atoms with Crippen LogP contribution in [0.5, 0.6) is 0 Å². The van der Waals surface area contributed by atoms with Gasteiger partial charge in [-0.05, 0) is 13.0 Å². The van der Waals surface area contributed by atoms with E-state index < -0.39 is 0 Å². The fourth-order valence-corrected chi connectivity index (χ4v) is 0.274. The van der Waals surface area contributed by atoms with Crippen LogP contribution in [0.1, 0.15) is 13.3 Å². The molecule has 0 bridgehead atoms. The van der Waals surface area contributed by atoms with E-state index in [0.29, 0.717) is 0 Å². The highest BCUT2D eigenvalue weighted by molar-refractivity contribution is 5.16. The lowest BCUT2D eigenvalue weighted by Crippen LogP contribution is -1.65. The molecule has 0 heterocycles. The minimum absolute atomic E-state index is 0.784. The van der Waals surface area contributed by atoms with Crippen LogP contribution < -0.4 is 0 Å². The van der Waals surface area contributed by atoms with Crippen LogP contribution in [0.15, 0.2) is 24.8 Å². The fraction of sp³-hybridized carbons (Fsp3) is 0.250. The molecule has 0 aromatic carbocycles. The maximum atomic E-state index is 3.69. The summed E-state index contributed by atoms with van der Waals surface area (Å²) in [6.07, 6.45) is 2.37. The highest BCUT2D eigenvalue weighted by atomic mass is 13.8. The predicted octanol–water partition coefficient (Wildman–Crippen LogP) is 2.14. The molecule has 0 radical (unpaired) electrons. The van der Waals surface area contributed by atoms with E-state index in [2.05, 4.69) is 25.0 Å². The molecule has 0 fully saturated rings. The number of rotatable bonds is 1. The number of allylic oxidation sites excluding steroid dienone is 2. The Morgan fingerprint density at radius 3 is 2.75 bits per heavy atom. The monoisotopic (exact) mass is 106 g/mol. The first-order valence-electron chi connectivity index (χ1n) is 2.51. The van der Waals surface area contributed by atoms with Gasteiger partial charge < -0.3 is 0 Å². The van der Waals surface area contributed by atoms with Gasteiger partial charge in [-0.25, -0.2) is 0 Å². The normalized spacial score (nSPS) is 6.62. The van der Waals surface area contributed by atoms with Crippen molar-refractivity contribution in [3.8, 4) is 11.8 Å². The highest BCUT2D eigenvalue weighted by Crippen LogP contribution is 1.90. The molecule has 8 heavy (non-hydrogen) atoms. The Morgan fingerprint density at radius 1 is 1.75 bits per heavy atom. The van der Waals surface area contributed by atoms with Crippen LogP contribution >= 0.6 is 0 Å². The summed E-state index contributed by atoms with van der Waals surface area (Å²) >= 11 is 0. The van der Waals surface area contributed by atoms with Crippen molar-refractivity contribution >= 4 is 0 Å². The molecule has 0 aliphatic carbocycles. The Hall–Kier alpha value is -0.960. The SMILES string of the molecule is C=CC#CCC(=C)C. The first-order chi connectivity index (χ1) is 3.77. The molecule has 0 saturated carbocycles. The quantitative estimate of drug-likeness (QED) is 0.355. The van der Waals surface area contributed by atoms with E-state index in [1.54, 1.807) is 6.08 Å². The molecule has 0 aliphatic heterocycles. The van der Waals surface area contributed by atoms with Crippen LogP contribution in [0.25, 0.3) is 0 Å². The Labute approximate surface area is 50.9 Å². The zero-order valence-corrected chi connectivity index (χ0v) is 5.20. The van der Waals surface area contributed by atoms with Gasteiger partial charge in [0, 0.05) is 6.42 Å². The molecule has 0 aliphatic rings. The van der Waals surface area contributed by atoms with Crippen LogP contribution in [-0.4, -0.2) is 0 Å². The standard InChI is InChI=1S/C8H10/c1-4-5-6-7-8(2)3/h4H,1-2,7H2,3H3. The molecule has 0 saturated heterocycles. The molecule has 0 amide bonds. The van der Waals surface area contributed by atoms with Gasteiger partial charge >= 0.3 is 0 Å². The molecule has 0 aromatic heterocycles. The van der Waals surface area contributed by atoms with E-state index in [-0.39, 0.29) is 0 Å². The topological polar surface area (TPSA) is 0 Å². The smallest absolute Gasteiger partial charge is 0.0297 e. The molecule has 0 aromatic rings. The molecular formula is C8H10. The van der Waals surface area contributed by atoms with Crippen molar-refractivity contribution < 1.29 is 0 Å². The summed E-state index contributed by atoms with van der Waals surface area (Å²) in [6.45, 7) is 9.10. The first kappa shape index (κ1) is 7.04. The fourth-order valence-electron chi connectivity index (χ4n) is 0.274. The van der Waals surface area contributed by atoms with E-state index in [1.807, 2.05) is 6.92 Å². The van der Waals surface area contributed by atoms with Gasteiger partial charge in [-0.3, -0.25) is 0 Å². The lowest BCUT2D eigenvalue weighted by molar-refractivity contribution is 1.27. The molecule has 0 atom stereocenters. The lowest BCUT2D eigenvalue weighted by Gasteiger charge is -1.81. The molecule has 42 valence electrons. The van der Waals surface area contributed by atoms with Crippen LogP contribution in [0.4, 0.5) is 0 Å². The van der Waals surface area contributed by atoms with E-state index in [1.165, 1.54) is 0 Å². The second kappa shape index (κ2) is 4.21. The van der Waals surface area contributed by atoms with Crippen molar-refractivity contribution in [2.24, 2.45) is 0 Å². The zero-order chi connectivity index (χ0) is 6.41. The average molecular weight is 106 g/mol. The van der Waals surface area contributed by atoms with E-state index >= 15 is 0 Å². The maximum absolute atomic E-state index is 3.69. The summed E-state index contributed by atoms with van der Waals surface area (Å²) in [6, 6.07) is 0. The van der Waals surface area contributed by atoms with Crippen molar-refractivity contribution in [1.29, 1.82) is 0 Å². The first-order valence-corrected chi connectivity index (χ1v) is 2.51. The maximum Gasteiger partial charge on any atom is 0.0297 e. The van der Waals surface area contributed by atoms with Gasteiger partial charge in [0.15, 0.2) is 0 Å². The summed E-state index contributed by atoms with van der Waals surface area (Å²) < 4.78 is 0. The largest absolute Gasteiger partial charge is 0.0992 e. The minimum Gasteiger partial charge on any atom is -0.0992 e. The Morgan fingerprint density at radius 2 is 2.38 bits per heavy atom. The molecule has 0 nitrogen and oxygen atoms in total. The van der Waals surface area contributed by atoms with E-state index in [9.17, 15) is 0 Å². The Balaban J connectivity index is 3.43. The van der Waals surface area contributed by atoms with Crippen molar-refractivity contribution in [3.05, 3.63) is 24.8 Å². The van der Waals surface area contributed by atoms with Gasteiger partial charge in [0.05, 0.1) is 0 Å². The van der Waals surface area contributed by atoms with Gasteiger partial charge in [-0.2, -0.15) is 0 Å². The number of hydrogen-bond donors (Lipinski definition) is 0. The summed E-state index contributed by atoms with van der Waals surface area (Å²) in [5.74, 6) is 5.60. The van der Waals surface area contributed by atoms with Crippen molar-refractivity contribution in [2.45, 2.75) is 13.3 Å². The minimum atomic E-state index is 0.784. The van der Waals surface area contributed by atoms with Crippen LogP contribution in [0, 0.1) is 11.8 Å². The summed E-state index contributed by atoms with van der Waals surface area (Å²) in [7, 11) is 0. The van der Waals surface area contributed by atoms with Gasteiger partial charge in [0.2, 0.25) is 0 Å².